The summed E-state index contributed by atoms with van der Waals surface area (Å²) >= 11 is 0. The maximum atomic E-state index is 13.3. The van der Waals surface area contributed by atoms with Crippen molar-refractivity contribution in [2.45, 2.75) is 44.7 Å². The number of allylic oxidation sites excluding steroid dienone is 1. The minimum atomic E-state index is -1.02. The molecule has 0 saturated carbocycles. The number of rotatable bonds is 9. The van der Waals surface area contributed by atoms with Crippen LogP contribution in [-0.4, -0.2) is 41.5 Å². The number of amides is 3. The molecule has 0 radical (unpaired) electrons. The number of piperidine rings is 1. The van der Waals surface area contributed by atoms with Crippen molar-refractivity contribution in [1.29, 1.82) is 5.26 Å². The van der Waals surface area contributed by atoms with Crippen molar-refractivity contribution in [3.05, 3.63) is 65.3 Å². The smallest absolute Gasteiger partial charge is 0.274 e. The lowest BCUT2D eigenvalue weighted by Crippen LogP contribution is -2.51. The Balaban J connectivity index is 1.77. The maximum absolute atomic E-state index is 13.3. The van der Waals surface area contributed by atoms with Crippen LogP contribution < -0.4 is 16.0 Å². The second kappa shape index (κ2) is 11.7. The van der Waals surface area contributed by atoms with Gasteiger partial charge in [0.15, 0.2) is 5.69 Å². The van der Waals surface area contributed by atoms with Crippen LogP contribution >= 0.6 is 0 Å². The maximum Gasteiger partial charge on any atom is 0.274 e. The van der Waals surface area contributed by atoms with Gasteiger partial charge in [-0.3, -0.25) is 14.4 Å². The quantitative estimate of drug-likeness (QED) is 0.482. The van der Waals surface area contributed by atoms with E-state index in [2.05, 4.69) is 21.1 Å². The molecule has 2 aromatic rings. The van der Waals surface area contributed by atoms with E-state index in [0.29, 0.717) is 30.7 Å². The van der Waals surface area contributed by atoms with E-state index in [0.717, 1.165) is 6.42 Å². The Morgan fingerprint density at radius 1 is 1.35 bits per heavy atom. The predicted octanol–water partition coefficient (Wildman–Crippen LogP) is 1.94. The fourth-order valence-corrected chi connectivity index (χ4v) is 3.77. The molecule has 0 unspecified atom stereocenters. The van der Waals surface area contributed by atoms with Crippen molar-refractivity contribution in [2.75, 3.05) is 6.54 Å². The van der Waals surface area contributed by atoms with Gasteiger partial charge in [0.2, 0.25) is 11.8 Å². The number of aryl methyl sites for hydroxylation is 1. The van der Waals surface area contributed by atoms with Crippen molar-refractivity contribution in [3.8, 4) is 6.07 Å². The van der Waals surface area contributed by atoms with E-state index >= 15 is 0 Å². The van der Waals surface area contributed by atoms with E-state index in [-0.39, 0.29) is 23.9 Å². The first-order valence-electron chi connectivity index (χ1n) is 11.0. The van der Waals surface area contributed by atoms with E-state index in [1.807, 2.05) is 6.07 Å². The summed E-state index contributed by atoms with van der Waals surface area (Å²) in [4.78, 5) is 38.1. The Kier molecular flexibility index (Phi) is 8.51. The molecule has 1 aliphatic rings. The number of aromatic nitrogens is 1. The van der Waals surface area contributed by atoms with Gasteiger partial charge in [-0.2, -0.15) is 5.26 Å². The van der Waals surface area contributed by atoms with Gasteiger partial charge >= 0.3 is 0 Å². The van der Waals surface area contributed by atoms with Crippen molar-refractivity contribution in [2.24, 2.45) is 5.92 Å². The van der Waals surface area contributed by atoms with Crippen LogP contribution in [0.4, 0.5) is 4.39 Å². The zero-order valence-electron chi connectivity index (χ0n) is 18.7. The molecule has 1 aromatic carbocycles. The van der Waals surface area contributed by atoms with Crippen LogP contribution in [0.25, 0.3) is 0 Å². The topological polar surface area (TPSA) is 137 Å². The van der Waals surface area contributed by atoms with Crippen molar-refractivity contribution < 1.29 is 23.3 Å². The first kappa shape index (κ1) is 24.6. The van der Waals surface area contributed by atoms with Gasteiger partial charge in [-0.1, -0.05) is 23.4 Å². The highest BCUT2D eigenvalue weighted by atomic mass is 19.1. The number of hydrogen-bond acceptors (Lipinski definition) is 6. The minimum Gasteiger partial charge on any atom is -0.361 e. The highest BCUT2D eigenvalue weighted by Gasteiger charge is 2.28. The number of nitrogens with one attached hydrogen (secondary N) is 3. The highest BCUT2D eigenvalue weighted by Crippen LogP contribution is 2.18. The van der Waals surface area contributed by atoms with Gasteiger partial charge in [0.1, 0.15) is 17.6 Å². The molecule has 9 nitrogen and oxygen atoms in total. The number of halogens is 1. The minimum absolute atomic E-state index is 0.0224. The fourth-order valence-electron chi connectivity index (χ4n) is 3.77. The zero-order chi connectivity index (χ0) is 24.5. The Morgan fingerprint density at radius 2 is 2.12 bits per heavy atom. The summed E-state index contributed by atoms with van der Waals surface area (Å²) in [6.45, 7) is 2.26. The number of carbonyl (C=O) groups is 3. The molecule has 3 atom stereocenters. The second-order valence-electron chi connectivity index (χ2n) is 8.15. The molecule has 0 bridgehead atoms. The molecule has 34 heavy (non-hydrogen) atoms. The zero-order valence-corrected chi connectivity index (χ0v) is 18.7. The Hall–Kier alpha value is -4.00. The van der Waals surface area contributed by atoms with E-state index in [1.54, 1.807) is 6.92 Å². The van der Waals surface area contributed by atoms with Gasteiger partial charge in [0, 0.05) is 37.1 Å². The largest absolute Gasteiger partial charge is 0.361 e. The first-order valence-corrected chi connectivity index (χ1v) is 11.0. The predicted molar refractivity (Wildman–Crippen MR) is 120 cm³/mol. The van der Waals surface area contributed by atoms with Crippen LogP contribution in [0, 0.1) is 30.0 Å². The number of nitriles is 1. The fraction of sp³-hybridized carbons (Fsp3) is 0.375. The Labute approximate surface area is 196 Å². The van der Waals surface area contributed by atoms with E-state index < -0.39 is 29.7 Å². The van der Waals surface area contributed by atoms with E-state index in [1.165, 1.54) is 42.5 Å². The lowest BCUT2D eigenvalue weighted by molar-refractivity contribution is -0.128. The summed E-state index contributed by atoms with van der Waals surface area (Å²) in [5, 5.41) is 20.9. The van der Waals surface area contributed by atoms with Crippen LogP contribution in [0.3, 0.4) is 0 Å². The molecule has 178 valence electrons. The summed E-state index contributed by atoms with van der Waals surface area (Å²) in [7, 11) is 0. The van der Waals surface area contributed by atoms with Crippen molar-refractivity contribution >= 4 is 17.7 Å². The molecule has 0 spiro atoms. The van der Waals surface area contributed by atoms with Crippen LogP contribution in [-0.2, 0) is 16.0 Å². The van der Waals surface area contributed by atoms with Crippen molar-refractivity contribution in [1.82, 2.24) is 21.1 Å². The number of carbonyl (C=O) groups excluding carboxylic acids is 3. The first-order chi connectivity index (χ1) is 16.4. The molecule has 1 fully saturated rings. The van der Waals surface area contributed by atoms with Gasteiger partial charge in [0.25, 0.3) is 5.91 Å². The molecular formula is C24H26FN5O4. The summed E-state index contributed by atoms with van der Waals surface area (Å²) in [6.07, 6.45) is 4.69. The number of benzene rings is 1. The molecule has 1 saturated heterocycles. The molecular weight excluding hydrogens is 441 g/mol. The molecule has 3 amide bonds. The summed E-state index contributed by atoms with van der Waals surface area (Å²) in [5.74, 6) is -1.48. The summed E-state index contributed by atoms with van der Waals surface area (Å²) in [6, 6.07) is 7.33. The monoisotopic (exact) mass is 467 g/mol. The highest BCUT2D eigenvalue weighted by molar-refractivity contribution is 5.96. The number of hydrogen-bond donors (Lipinski definition) is 3. The van der Waals surface area contributed by atoms with Crippen LogP contribution in [0.5, 0.6) is 0 Å². The van der Waals surface area contributed by atoms with Crippen molar-refractivity contribution in [3.63, 3.8) is 0 Å². The van der Waals surface area contributed by atoms with Gasteiger partial charge < -0.3 is 20.5 Å². The van der Waals surface area contributed by atoms with Gasteiger partial charge in [-0.25, -0.2) is 4.39 Å². The Bertz CT molecular complexity index is 1090. The van der Waals surface area contributed by atoms with Gasteiger partial charge in [0.05, 0.1) is 6.07 Å². The molecule has 3 rings (SSSR count). The van der Waals surface area contributed by atoms with Crippen LogP contribution in [0.1, 0.15) is 41.1 Å². The average Bonchev–Trinajstić information content (AvgIpc) is 3.26. The Morgan fingerprint density at radius 3 is 2.76 bits per heavy atom. The standard InChI is InChI=1S/C24H26FN5O4/c1-15-12-21(30-34-15)24(33)29-20(13-16-6-8-18(25)9-7-16)23(32)28-19(5-2-10-26)14-17-4-3-11-27-22(17)31/h2,5-9,12,17,19-20H,3-4,11,13-14H2,1H3,(H,27,31)(H,28,32)(H,29,33)/b5-2+/t17-,19+,20-/m0/s1. The summed E-state index contributed by atoms with van der Waals surface area (Å²) in [5.41, 5.74) is 0.656. The summed E-state index contributed by atoms with van der Waals surface area (Å²) < 4.78 is 18.3. The normalized spacial score (nSPS) is 17.4. The van der Waals surface area contributed by atoms with Gasteiger partial charge in [-0.05, 0) is 43.9 Å². The van der Waals surface area contributed by atoms with Crippen LogP contribution in [0.15, 0.2) is 47.0 Å². The molecule has 1 aliphatic heterocycles. The van der Waals surface area contributed by atoms with Crippen LogP contribution in [0.2, 0.25) is 0 Å². The van der Waals surface area contributed by atoms with E-state index in [4.69, 9.17) is 9.78 Å². The van der Waals surface area contributed by atoms with Gasteiger partial charge in [-0.15, -0.1) is 0 Å². The third kappa shape index (κ3) is 7.00. The third-order valence-corrected chi connectivity index (χ3v) is 5.50. The molecule has 1 aromatic heterocycles. The second-order valence-corrected chi connectivity index (χ2v) is 8.15. The number of nitrogens with zero attached hydrogens (tertiary/aromatic N) is 2. The third-order valence-electron chi connectivity index (χ3n) is 5.50. The lowest BCUT2D eigenvalue weighted by atomic mass is 9.91. The lowest BCUT2D eigenvalue weighted by Gasteiger charge is -2.27. The molecule has 0 aliphatic carbocycles. The average molecular weight is 468 g/mol. The molecule has 10 heteroatoms. The SMILES string of the molecule is Cc1cc(C(=O)N[C@@H](Cc2ccc(F)cc2)C(=O)N[C@H](/C=C/C#N)C[C@@H]2CCCNC2=O)no1. The molecule has 3 N–H and O–H groups in total. The van der Waals surface area contributed by atoms with E-state index in [9.17, 15) is 18.8 Å². The molecule has 2 heterocycles.